The van der Waals surface area contributed by atoms with Crippen LogP contribution in [0.25, 0.3) is 21.9 Å². The first-order valence-electron chi connectivity index (χ1n) is 6.60. The zero-order valence-corrected chi connectivity index (χ0v) is 13.1. The van der Waals surface area contributed by atoms with Crippen LogP contribution in [0.1, 0.15) is 0 Å². The molecule has 2 aromatic heterocycles. The molecule has 0 saturated carbocycles. The molecular formula is C14H17BrN5+. The first kappa shape index (κ1) is 13.3. The number of quaternary nitrogens is 1. The maximum atomic E-state index is 4.41. The van der Waals surface area contributed by atoms with Crippen molar-refractivity contribution < 1.29 is 4.90 Å². The first-order valence-corrected chi connectivity index (χ1v) is 7.39. The Morgan fingerprint density at radius 2 is 2.15 bits per heavy atom. The summed E-state index contributed by atoms with van der Waals surface area (Å²) in [5.41, 5.74) is 3.00. The minimum absolute atomic E-state index is 0.864. The Morgan fingerprint density at radius 1 is 1.30 bits per heavy atom. The zero-order chi connectivity index (χ0) is 14.1. The molecule has 0 saturated heterocycles. The predicted octanol–water partition coefficient (Wildman–Crippen LogP) is 1.43. The lowest BCUT2D eigenvalue weighted by atomic mass is 10.2. The third-order valence-electron chi connectivity index (χ3n) is 3.26. The van der Waals surface area contributed by atoms with Gasteiger partial charge in [0.05, 0.1) is 27.2 Å². The van der Waals surface area contributed by atoms with Crippen molar-refractivity contribution in [1.29, 1.82) is 0 Å². The molecule has 3 N–H and O–H groups in total. The number of aromatic amines is 1. The summed E-state index contributed by atoms with van der Waals surface area (Å²) in [4.78, 5) is 13.6. The molecule has 0 unspecified atom stereocenters. The molecule has 20 heavy (non-hydrogen) atoms. The van der Waals surface area contributed by atoms with Gasteiger partial charge in [-0.2, -0.15) is 0 Å². The van der Waals surface area contributed by atoms with Gasteiger partial charge in [0.15, 0.2) is 5.82 Å². The van der Waals surface area contributed by atoms with E-state index >= 15 is 0 Å². The van der Waals surface area contributed by atoms with Crippen molar-refractivity contribution in [2.24, 2.45) is 0 Å². The monoisotopic (exact) mass is 334 g/mol. The van der Waals surface area contributed by atoms with E-state index < -0.39 is 0 Å². The Labute approximate surface area is 125 Å². The lowest BCUT2D eigenvalue weighted by Gasteiger charge is -2.09. The van der Waals surface area contributed by atoms with Crippen molar-refractivity contribution in [2.45, 2.75) is 0 Å². The summed E-state index contributed by atoms with van der Waals surface area (Å²) in [5.74, 6) is 0.864. The van der Waals surface area contributed by atoms with E-state index in [0.29, 0.717) is 0 Å². The number of rotatable bonds is 4. The Balaban J connectivity index is 2.03. The lowest BCUT2D eigenvalue weighted by molar-refractivity contribution is -0.856. The molecule has 0 fully saturated rings. The van der Waals surface area contributed by atoms with Gasteiger partial charge in [0.25, 0.3) is 0 Å². The third-order valence-corrected chi connectivity index (χ3v) is 3.75. The molecule has 0 bridgehead atoms. The highest BCUT2D eigenvalue weighted by Crippen LogP contribution is 2.29. The Hall–Kier alpha value is -1.66. The van der Waals surface area contributed by atoms with Gasteiger partial charge in [-0.15, -0.1) is 0 Å². The molecule has 0 aliphatic carbocycles. The van der Waals surface area contributed by atoms with Gasteiger partial charge in [0, 0.05) is 15.4 Å². The molecule has 0 aliphatic rings. The number of likely N-dealkylation sites (N-methyl/N-ethyl adjacent to an activating group) is 1. The SMILES string of the molecule is C[NH+](C)CCNc1ncnc2c1[nH]c1ccc(Br)cc12. The van der Waals surface area contributed by atoms with Crippen LogP contribution >= 0.6 is 15.9 Å². The van der Waals surface area contributed by atoms with Crippen molar-refractivity contribution >= 4 is 43.7 Å². The fourth-order valence-electron chi connectivity index (χ4n) is 2.23. The van der Waals surface area contributed by atoms with Crippen molar-refractivity contribution in [1.82, 2.24) is 15.0 Å². The van der Waals surface area contributed by atoms with Gasteiger partial charge in [-0.25, -0.2) is 9.97 Å². The second-order valence-electron chi connectivity index (χ2n) is 5.14. The number of halogens is 1. The summed E-state index contributed by atoms with van der Waals surface area (Å²) in [6.07, 6.45) is 1.61. The smallest absolute Gasteiger partial charge is 0.154 e. The number of benzene rings is 1. The van der Waals surface area contributed by atoms with Crippen LogP contribution < -0.4 is 10.2 Å². The number of H-pyrrole nitrogens is 1. The summed E-state index contributed by atoms with van der Waals surface area (Å²) >= 11 is 3.50. The highest BCUT2D eigenvalue weighted by molar-refractivity contribution is 9.10. The summed E-state index contributed by atoms with van der Waals surface area (Å²) in [5, 5.41) is 4.49. The summed E-state index contributed by atoms with van der Waals surface area (Å²) in [7, 11) is 4.27. The van der Waals surface area contributed by atoms with Crippen LogP contribution in [0.4, 0.5) is 5.82 Å². The predicted molar refractivity (Wildman–Crippen MR) is 85.3 cm³/mol. The van der Waals surface area contributed by atoms with Crippen molar-refractivity contribution in [3.05, 3.63) is 29.0 Å². The summed E-state index contributed by atoms with van der Waals surface area (Å²) in [6, 6.07) is 6.15. The highest BCUT2D eigenvalue weighted by Gasteiger charge is 2.10. The molecule has 3 aromatic rings. The molecular weight excluding hydrogens is 318 g/mol. The lowest BCUT2D eigenvalue weighted by Crippen LogP contribution is -3.06. The van der Waals surface area contributed by atoms with Gasteiger partial charge in [-0.05, 0) is 18.2 Å². The van der Waals surface area contributed by atoms with Crippen LogP contribution in [0, 0.1) is 0 Å². The third kappa shape index (κ3) is 2.48. The number of fused-ring (bicyclic) bond motifs is 3. The number of hydrogen-bond acceptors (Lipinski definition) is 3. The van der Waals surface area contributed by atoms with Crippen molar-refractivity contribution in [3.8, 4) is 0 Å². The van der Waals surface area contributed by atoms with E-state index in [0.717, 1.165) is 45.3 Å². The van der Waals surface area contributed by atoms with Gasteiger partial charge < -0.3 is 15.2 Å². The quantitative estimate of drug-likeness (QED) is 0.676. The Morgan fingerprint density at radius 3 is 2.95 bits per heavy atom. The minimum atomic E-state index is 0.864. The van der Waals surface area contributed by atoms with E-state index in [4.69, 9.17) is 0 Å². The maximum Gasteiger partial charge on any atom is 0.154 e. The van der Waals surface area contributed by atoms with Crippen LogP contribution in [0.5, 0.6) is 0 Å². The Bertz CT molecular complexity index is 750. The normalized spacial score (nSPS) is 11.6. The largest absolute Gasteiger partial charge is 0.363 e. The van der Waals surface area contributed by atoms with Gasteiger partial charge in [-0.1, -0.05) is 15.9 Å². The minimum Gasteiger partial charge on any atom is -0.363 e. The standard InChI is InChI=1S/C14H16BrN5/c1-20(2)6-5-16-14-13-12(17-8-18-14)10-7-9(15)3-4-11(10)19-13/h3-4,7-8,19H,5-6H2,1-2H3,(H,16,17,18)/p+1. The molecule has 0 aliphatic heterocycles. The van der Waals surface area contributed by atoms with Crippen LogP contribution in [0.15, 0.2) is 29.0 Å². The Kier molecular flexibility index (Phi) is 3.58. The van der Waals surface area contributed by atoms with Gasteiger partial charge in [0.2, 0.25) is 0 Å². The fourth-order valence-corrected chi connectivity index (χ4v) is 2.59. The molecule has 6 heteroatoms. The van der Waals surface area contributed by atoms with Crippen LogP contribution in [-0.4, -0.2) is 42.1 Å². The number of hydrogen-bond donors (Lipinski definition) is 3. The average Bonchev–Trinajstić information content (AvgIpc) is 2.77. The van der Waals surface area contributed by atoms with Gasteiger partial charge in [0.1, 0.15) is 17.4 Å². The topological polar surface area (TPSA) is 58.0 Å². The number of anilines is 1. The van der Waals surface area contributed by atoms with E-state index in [1.165, 1.54) is 4.90 Å². The number of nitrogens with zero attached hydrogens (tertiary/aromatic N) is 2. The van der Waals surface area contributed by atoms with Crippen molar-refractivity contribution in [2.75, 3.05) is 32.5 Å². The molecule has 1 aromatic carbocycles. The molecule has 2 heterocycles. The average molecular weight is 335 g/mol. The van der Waals surface area contributed by atoms with E-state index in [1.807, 2.05) is 6.07 Å². The molecule has 0 amide bonds. The van der Waals surface area contributed by atoms with Gasteiger partial charge >= 0.3 is 0 Å². The molecule has 0 radical (unpaired) electrons. The van der Waals surface area contributed by atoms with Crippen molar-refractivity contribution in [3.63, 3.8) is 0 Å². The fraction of sp³-hybridized carbons (Fsp3) is 0.286. The second kappa shape index (κ2) is 5.38. The summed E-state index contributed by atoms with van der Waals surface area (Å²) < 4.78 is 1.05. The second-order valence-corrected chi connectivity index (χ2v) is 6.06. The van der Waals surface area contributed by atoms with Crippen LogP contribution in [-0.2, 0) is 0 Å². The van der Waals surface area contributed by atoms with E-state index in [-0.39, 0.29) is 0 Å². The first-order chi connectivity index (χ1) is 9.65. The molecule has 5 nitrogen and oxygen atoms in total. The number of nitrogens with one attached hydrogen (secondary N) is 3. The molecule has 3 rings (SSSR count). The molecule has 0 spiro atoms. The van der Waals surface area contributed by atoms with Crippen LogP contribution in [0.3, 0.4) is 0 Å². The van der Waals surface area contributed by atoms with E-state index in [9.17, 15) is 0 Å². The van der Waals surface area contributed by atoms with E-state index in [2.05, 4.69) is 62.4 Å². The zero-order valence-electron chi connectivity index (χ0n) is 11.5. The van der Waals surface area contributed by atoms with E-state index in [1.54, 1.807) is 6.33 Å². The maximum absolute atomic E-state index is 4.41. The van der Waals surface area contributed by atoms with Crippen LogP contribution in [0.2, 0.25) is 0 Å². The molecule has 0 atom stereocenters. The number of aromatic nitrogens is 3. The highest BCUT2D eigenvalue weighted by atomic mass is 79.9. The molecule has 104 valence electrons. The van der Waals surface area contributed by atoms with Gasteiger partial charge in [-0.3, -0.25) is 0 Å². The summed E-state index contributed by atoms with van der Waals surface area (Å²) in [6.45, 7) is 1.92.